The van der Waals surface area contributed by atoms with Gasteiger partial charge in [-0.3, -0.25) is 9.59 Å². The Hall–Kier alpha value is -1.32. The number of methoxy groups -OCH3 is 1. The Balaban J connectivity index is 2.59. The monoisotopic (exact) mass is 156 g/mol. The molecule has 0 bridgehead atoms. The van der Waals surface area contributed by atoms with E-state index in [0.717, 1.165) is 0 Å². The van der Waals surface area contributed by atoms with E-state index in [-0.39, 0.29) is 0 Å². The molecule has 0 amide bonds. The van der Waals surface area contributed by atoms with Crippen LogP contribution in [0.15, 0.2) is 12.2 Å². The lowest BCUT2D eigenvalue weighted by molar-refractivity contribution is -0.153. The van der Waals surface area contributed by atoms with Gasteiger partial charge in [-0.2, -0.15) is 0 Å². The summed E-state index contributed by atoms with van der Waals surface area (Å²) in [5.41, 5.74) is 0. The van der Waals surface area contributed by atoms with Crippen molar-refractivity contribution in [2.75, 3.05) is 7.11 Å². The molecule has 1 aliphatic carbocycles. The molecule has 0 radical (unpaired) electrons. The number of ether oxygens (including phenoxy) is 1. The Kier molecular flexibility index (Phi) is 1.94. The fourth-order valence-electron chi connectivity index (χ4n) is 0.931. The van der Waals surface area contributed by atoms with E-state index in [1.165, 1.54) is 19.3 Å². The molecular formula is C7H8O4. The average Bonchev–Trinajstić information content (AvgIpc) is 1.83. The summed E-state index contributed by atoms with van der Waals surface area (Å²) in [7, 11) is 1.24. The van der Waals surface area contributed by atoms with Gasteiger partial charge in [0.2, 0.25) is 0 Å². The molecule has 0 aliphatic heterocycles. The highest BCUT2D eigenvalue weighted by molar-refractivity contribution is 5.86. The van der Waals surface area contributed by atoms with Crippen LogP contribution in [0.2, 0.25) is 0 Å². The van der Waals surface area contributed by atoms with Gasteiger partial charge < -0.3 is 9.84 Å². The van der Waals surface area contributed by atoms with E-state index in [1.54, 1.807) is 0 Å². The minimum Gasteiger partial charge on any atom is -0.481 e. The van der Waals surface area contributed by atoms with Crippen molar-refractivity contribution < 1.29 is 19.4 Å². The fourth-order valence-corrected chi connectivity index (χ4v) is 0.931. The topological polar surface area (TPSA) is 63.6 Å². The maximum absolute atomic E-state index is 10.8. The third-order valence-corrected chi connectivity index (χ3v) is 1.67. The van der Waals surface area contributed by atoms with E-state index in [9.17, 15) is 9.59 Å². The molecule has 0 aromatic heterocycles. The molecule has 2 atom stereocenters. The van der Waals surface area contributed by atoms with Crippen molar-refractivity contribution in [1.82, 2.24) is 0 Å². The van der Waals surface area contributed by atoms with Crippen LogP contribution in [0.1, 0.15) is 0 Å². The van der Waals surface area contributed by atoms with Crippen molar-refractivity contribution in [2.24, 2.45) is 11.8 Å². The number of esters is 1. The number of carboxylic acids is 1. The van der Waals surface area contributed by atoms with Crippen LogP contribution in [0.25, 0.3) is 0 Å². The summed E-state index contributed by atoms with van der Waals surface area (Å²) < 4.78 is 4.38. The first-order valence-corrected chi connectivity index (χ1v) is 3.15. The number of carboxylic acid groups (broad SMARTS) is 1. The van der Waals surface area contributed by atoms with E-state index in [4.69, 9.17) is 5.11 Å². The van der Waals surface area contributed by atoms with Gasteiger partial charge in [-0.15, -0.1) is 0 Å². The standard InChI is InChI=1S/C7H8O4/c1-11-7(10)5-3-2-4(5)6(8)9/h2-5H,1H3,(H,8,9)/t4-,5+/m1/s1. The molecule has 11 heavy (non-hydrogen) atoms. The minimum atomic E-state index is -0.983. The van der Waals surface area contributed by atoms with Crippen molar-refractivity contribution in [3.8, 4) is 0 Å². The molecule has 0 saturated carbocycles. The zero-order valence-electron chi connectivity index (χ0n) is 5.98. The second-order valence-electron chi connectivity index (χ2n) is 2.30. The summed E-state index contributed by atoms with van der Waals surface area (Å²) in [6, 6.07) is 0. The second-order valence-corrected chi connectivity index (χ2v) is 2.30. The van der Waals surface area contributed by atoms with E-state index in [1.807, 2.05) is 0 Å². The zero-order chi connectivity index (χ0) is 8.43. The van der Waals surface area contributed by atoms with Crippen LogP contribution in [0.5, 0.6) is 0 Å². The molecule has 1 rings (SSSR count). The fraction of sp³-hybridized carbons (Fsp3) is 0.429. The Labute approximate surface area is 63.5 Å². The molecule has 0 saturated heterocycles. The van der Waals surface area contributed by atoms with Crippen molar-refractivity contribution in [2.45, 2.75) is 0 Å². The molecule has 0 spiro atoms. The van der Waals surface area contributed by atoms with E-state index in [0.29, 0.717) is 0 Å². The van der Waals surface area contributed by atoms with Gasteiger partial charge in [0.1, 0.15) is 0 Å². The number of hydrogen-bond acceptors (Lipinski definition) is 3. The van der Waals surface area contributed by atoms with E-state index in [2.05, 4.69) is 4.74 Å². The Morgan fingerprint density at radius 1 is 1.36 bits per heavy atom. The summed E-state index contributed by atoms with van der Waals surface area (Å²) in [4.78, 5) is 21.1. The highest BCUT2D eigenvalue weighted by Crippen LogP contribution is 2.26. The molecule has 4 heteroatoms. The van der Waals surface area contributed by atoms with E-state index >= 15 is 0 Å². The molecule has 0 unspecified atom stereocenters. The first-order valence-electron chi connectivity index (χ1n) is 3.15. The molecule has 0 aromatic carbocycles. The minimum absolute atomic E-state index is 0.486. The van der Waals surface area contributed by atoms with Crippen LogP contribution in [-0.2, 0) is 14.3 Å². The lowest BCUT2D eigenvalue weighted by Crippen LogP contribution is -2.33. The molecule has 60 valence electrons. The van der Waals surface area contributed by atoms with Gasteiger partial charge in [0.25, 0.3) is 0 Å². The molecule has 0 fully saturated rings. The van der Waals surface area contributed by atoms with Gasteiger partial charge in [-0.05, 0) is 0 Å². The maximum Gasteiger partial charge on any atom is 0.313 e. The first kappa shape index (κ1) is 7.78. The largest absolute Gasteiger partial charge is 0.481 e. The summed E-state index contributed by atoms with van der Waals surface area (Å²) in [5.74, 6) is -2.75. The SMILES string of the molecule is COC(=O)[C@H]1C=C[C@H]1C(=O)O. The average molecular weight is 156 g/mol. The van der Waals surface area contributed by atoms with Crippen molar-refractivity contribution >= 4 is 11.9 Å². The highest BCUT2D eigenvalue weighted by atomic mass is 16.5. The molecule has 0 aromatic rings. The van der Waals surface area contributed by atoms with Gasteiger partial charge in [0.15, 0.2) is 0 Å². The molecule has 4 nitrogen and oxygen atoms in total. The van der Waals surface area contributed by atoms with Crippen LogP contribution in [0.3, 0.4) is 0 Å². The molecule has 1 aliphatic rings. The predicted octanol–water partition coefficient (Wildman–Crippen LogP) is 0.0462. The Morgan fingerprint density at radius 3 is 2.18 bits per heavy atom. The van der Waals surface area contributed by atoms with Crippen LogP contribution >= 0.6 is 0 Å². The second kappa shape index (κ2) is 2.74. The summed E-state index contributed by atoms with van der Waals surface area (Å²) in [5, 5.41) is 8.49. The molecule has 0 heterocycles. The third-order valence-electron chi connectivity index (χ3n) is 1.67. The van der Waals surface area contributed by atoms with E-state index < -0.39 is 23.8 Å². The summed E-state index contributed by atoms with van der Waals surface area (Å²) in [6.45, 7) is 0. The molecular weight excluding hydrogens is 148 g/mol. The lowest BCUT2D eigenvalue weighted by Gasteiger charge is -2.22. The van der Waals surface area contributed by atoms with Crippen molar-refractivity contribution in [1.29, 1.82) is 0 Å². The number of hydrogen-bond donors (Lipinski definition) is 1. The molecule has 1 N–H and O–H groups in total. The Bertz CT molecular complexity index is 218. The van der Waals surface area contributed by atoms with Crippen LogP contribution < -0.4 is 0 Å². The Morgan fingerprint density at radius 2 is 1.91 bits per heavy atom. The quantitative estimate of drug-likeness (QED) is 0.453. The smallest absolute Gasteiger partial charge is 0.313 e. The van der Waals surface area contributed by atoms with Gasteiger partial charge in [-0.1, -0.05) is 12.2 Å². The number of carbonyl (C=O) groups is 2. The number of aliphatic carboxylic acids is 1. The predicted molar refractivity (Wildman–Crippen MR) is 35.8 cm³/mol. The normalized spacial score (nSPS) is 27.4. The van der Waals surface area contributed by atoms with Gasteiger partial charge in [-0.25, -0.2) is 0 Å². The van der Waals surface area contributed by atoms with Gasteiger partial charge in [0, 0.05) is 0 Å². The van der Waals surface area contributed by atoms with Crippen molar-refractivity contribution in [3.63, 3.8) is 0 Å². The van der Waals surface area contributed by atoms with Gasteiger partial charge >= 0.3 is 11.9 Å². The maximum atomic E-state index is 10.8. The summed E-state index contributed by atoms with van der Waals surface area (Å²) >= 11 is 0. The van der Waals surface area contributed by atoms with Crippen LogP contribution in [0.4, 0.5) is 0 Å². The number of rotatable bonds is 2. The number of carbonyl (C=O) groups excluding carboxylic acids is 1. The highest BCUT2D eigenvalue weighted by Gasteiger charge is 2.36. The third kappa shape index (κ3) is 1.24. The zero-order valence-corrected chi connectivity index (χ0v) is 5.98. The van der Waals surface area contributed by atoms with Crippen molar-refractivity contribution in [3.05, 3.63) is 12.2 Å². The van der Waals surface area contributed by atoms with Crippen LogP contribution in [-0.4, -0.2) is 24.2 Å². The van der Waals surface area contributed by atoms with Crippen LogP contribution in [0, 0.1) is 11.8 Å². The lowest BCUT2D eigenvalue weighted by atomic mass is 9.82. The van der Waals surface area contributed by atoms with Gasteiger partial charge in [0.05, 0.1) is 18.9 Å². The summed E-state index contributed by atoms with van der Waals surface area (Å²) in [6.07, 6.45) is 3.01. The first-order chi connectivity index (χ1) is 5.16.